The van der Waals surface area contributed by atoms with Crippen LogP contribution in [-0.2, 0) is 5.75 Å². The number of nitrogens with one attached hydrogen (secondary N) is 1. The normalized spacial score (nSPS) is 19.0. The minimum atomic E-state index is 0.103. The smallest absolute Gasteiger partial charge is 0.158 e. The van der Waals surface area contributed by atoms with Crippen molar-refractivity contribution in [1.82, 2.24) is 5.32 Å². The molecule has 1 aliphatic rings. The number of rotatable bonds is 4. The Morgan fingerprint density at radius 1 is 0.808 bits per heavy atom. The second-order valence-electron chi connectivity index (χ2n) is 6.24. The molecule has 1 heterocycles. The predicted octanol–water partition coefficient (Wildman–Crippen LogP) is 6.12. The molecule has 0 bridgehead atoms. The summed E-state index contributed by atoms with van der Waals surface area (Å²) in [5.74, 6) is 0.905. The van der Waals surface area contributed by atoms with Crippen LogP contribution in [0.15, 0.2) is 94.4 Å². The zero-order chi connectivity index (χ0) is 17.8. The summed E-state index contributed by atoms with van der Waals surface area (Å²) in [5.41, 5.74) is 3.81. The van der Waals surface area contributed by atoms with Crippen LogP contribution in [0.1, 0.15) is 28.8 Å². The molecule has 1 aliphatic heterocycles. The van der Waals surface area contributed by atoms with Gasteiger partial charge in [-0.25, -0.2) is 0 Å². The van der Waals surface area contributed by atoms with E-state index in [1.54, 1.807) is 11.8 Å². The van der Waals surface area contributed by atoms with Crippen LogP contribution in [0, 0.1) is 0 Å². The Kier molecular flexibility index (Phi) is 5.42. The van der Waals surface area contributed by atoms with Gasteiger partial charge in [0.1, 0.15) is 6.04 Å². The number of amidine groups is 1. The quantitative estimate of drug-likeness (QED) is 0.547. The molecule has 3 aromatic rings. The summed E-state index contributed by atoms with van der Waals surface area (Å²) in [6, 6.07) is 29.9. The largest absolute Gasteiger partial charge is 0.356 e. The summed E-state index contributed by atoms with van der Waals surface area (Å²) in [4.78, 5) is 5.01. The lowest BCUT2D eigenvalue weighted by Crippen LogP contribution is -2.22. The van der Waals surface area contributed by atoms with Crippen LogP contribution in [0.5, 0.6) is 0 Å². The fourth-order valence-electron chi connectivity index (χ4n) is 3.10. The molecule has 2 nitrogen and oxygen atoms in total. The van der Waals surface area contributed by atoms with Gasteiger partial charge in [0.05, 0.1) is 6.04 Å². The van der Waals surface area contributed by atoms with Gasteiger partial charge in [-0.1, -0.05) is 100 Å². The van der Waals surface area contributed by atoms with Crippen molar-refractivity contribution in [3.05, 3.63) is 106 Å². The van der Waals surface area contributed by atoms with E-state index in [1.807, 2.05) is 0 Å². The molecule has 0 saturated heterocycles. The summed E-state index contributed by atoms with van der Waals surface area (Å²) in [6.45, 7) is 0. The van der Waals surface area contributed by atoms with Crippen molar-refractivity contribution in [3.8, 4) is 0 Å². The molecule has 4 rings (SSSR count). The topological polar surface area (TPSA) is 24.4 Å². The minimum absolute atomic E-state index is 0.103. The molecule has 0 spiro atoms. The van der Waals surface area contributed by atoms with Crippen LogP contribution in [0.4, 0.5) is 0 Å². The number of benzene rings is 3. The van der Waals surface area contributed by atoms with Gasteiger partial charge in [-0.05, 0) is 28.8 Å². The van der Waals surface area contributed by atoms with E-state index in [-0.39, 0.29) is 12.1 Å². The first-order valence-electron chi connectivity index (χ1n) is 8.61. The van der Waals surface area contributed by atoms with E-state index < -0.39 is 0 Å². The van der Waals surface area contributed by atoms with E-state index >= 15 is 0 Å². The zero-order valence-electron chi connectivity index (χ0n) is 14.2. The molecule has 130 valence electrons. The Bertz CT molecular complexity index is 879. The van der Waals surface area contributed by atoms with Crippen molar-refractivity contribution in [2.45, 2.75) is 17.8 Å². The van der Waals surface area contributed by atoms with E-state index in [4.69, 9.17) is 4.99 Å². The summed E-state index contributed by atoms with van der Waals surface area (Å²) in [7, 11) is 0. The van der Waals surface area contributed by atoms with E-state index in [0.29, 0.717) is 0 Å². The van der Waals surface area contributed by atoms with E-state index in [9.17, 15) is 0 Å². The summed E-state index contributed by atoms with van der Waals surface area (Å²) in [5, 5.41) is 4.65. The second kappa shape index (κ2) is 8.11. The van der Waals surface area contributed by atoms with Gasteiger partial charge in [0.15, 0.2) is 5.17 Å². The Hall–Kier alpha value is -2.04. The van der Waals surface area contributed by atoms with Gasteiger partial charge in [-0.3, -0.25) is 4.99 Å². The van der Waals surface area contributed by atoms with Crippen LogP contribution in [0.3, 0.4) is 0 Å². The van der Waals surface area contributed by atoms with Crippen molar-refractivity contribution in [3.63, 3.8) is 0 Å². The molecule has 2 atom stereocenters. The molecular formula is C22H19BrN2S. The third-order valence-corrected chi connectivity index (χ3v) is 5.94. The lowest BCUT2D eigenvalue weighted by molar-refractivity contribution is 0.573. The summed E-state index contributed by atoms with van der Waals surface area (Å²) in [6.07, 6.45) is 0. The highest BCUT2D eigenvalue weighted by Gasteiger charge is 2.31. The van der Waals surface area contributed by atoms with E-state index in [2.05, 4.69) is 106 Å². The van der Waals surface area contributed by atoms with E-state index in [1.165, 1.54) is 16.7 Å². The lowest BCUT2D eigenvalue weighted by Gasteiger charge is -2.19. The Morgan fingerprint density at radius 2 is 1.42 bits per heavy atom. The number of halogens is 1. The number of hydrogen-bond donors (Lipinski definition) is 1. The van der Waals surface area contributed by atoms with Crippen LogP contribution in [0.2, 0.25) is 0 Å². The average molecular weight is 423 g/mol. The molecule has 0 saturated carbocycles. The minimum Gasteiger partial charge on any atom is -0.356 e. The highest BCUT2D eigenvalue weighted by Crippen LogP contribution is 2.38. The van der Waals surface area contributed by atoms with Gasteiger partial charge in [0, 0.05) is 10.2 Å². The SMILES string of the molecule is Brc1ccc(CSC2=NC(c3ccccc3)C(c3ccccc3)N2)cc1. The number of hydrogen-bond acceptors (Lipinski definition) is 3. The maximum absolute atomic E-state index is 5.01. The molecule has 0 fully saturated rings. The van der Waals surface area contributed by atoms with Crippen LogP contribution >= 0.6 is 27.7 Å². The van der Waals surface area contributed by atoms with Gasteiger partial charge in [-0.15, -0.1) is 0 Å². The first kappa shape index (κ1) is 17.4. The predicted molar refractivity (Wildman–Crippen MR) is 114 cm³/mol. The van der Waals surface area contributed by atoms with Crippen molar-refractivity contribution in [2.75, 3.05) is 0 Å². The van der Waals surface area contributed by atoms with Crippen LogP contribution in [-0.4, -0.2) is 5.17 Å². The maximum atomic E-state index is 5.01. The van der Waals surface area contributed by atoms with Gasteiger partial charge in [-0.2, -0.15) is 0 Å². The third-order valence-electron chi connectivity index (χ3n) is 4.44. The lowest BCUT2D eigenvalue weighted by atomic mass is 9.95. The van der Waals surface area contributed by atoms with Gasteiger partial charge in [0.2, 0.25) is 0 Å². The Morgan fingerprint density at radius 3 is 2.08 bits per heavy atom. The molecule has 3 aromatic carbocycles. The van der Waals surface area contributed by atoms with E-state index in [0.717, 1.165) is 15.4 Å². The second-order valence-corrected chi connectivity index (χ2v) is 8.12. The fraction of sp³-hybridized carbons (Fsp3) is 0.136. The standard InChI is InChI=1S/C22H19BrN2S/c23-19-13-11-16(12-14-19)15-26-22-24-20(17-7-3-1-4-8-17)21(25-22)18-9-5-2-6-10-18/h1-14,20-21H,15H2,(H,24,25). The molecule has 0 aromatic heterocycles. The van der Waals surface area contributed by atoms with Crippen molar-refractivity contribution < 1.29 is 0 Å². The highest BCUT2D eigenvalue weighted by atomic mass is 79.9. The van der Waals surface area contributed by atoms with Gasteiger partial charge in [0.25, 0.3) is 0 Å². The Balaban J connectivity index is 1.55. The molecule has 0 amide bonds. The van der Waals surface area contributed by atoms with Gasteiger partial charge < -0.3 is 5.32 Å². The Labute approximate surface area is 166 Å². The first-order valence-corrected chi connectivity index (χ1v) is 10.4. The molecular weight excluding hydrogens is 404 g/mol. The summed E-state index contributed by atoms with van der Waals surface area (Å²) < 4.78 is 1.11. The molecule has 2 unspecified atom stereocenters. The first-order chi connectivity index (χ1) is 12.8. The highest BCUT2D eigenvalue weighted by molar-refractivity contribution is 9.10. The van der Waals surface area contributed by atoms with Crippen LogP contribution < -0.4 is 5.32 Å². The van der Waals surface area contributed by atoms with Crippen molar-refractivity contribution in [1.29, 1.82) is 0 Å². The molecule has 0 aliphatic carbocycles. The molecule has 0 radical (unpaired) electrons. The third kappa shape index (κ3) is 4.02. The fourth-order valence-corrected chi connectivity index (χ4v) is 4.26. The molecule has 1 N–H and O–H groups in total. The van der Waals surface area contributed by atoms with Crippen molar-refractivity contribution >= 4 is 32.9 Å². The summed E-state index contributed by atoms with van der Waals surface area (Å²) >= 11 is 5.25. The molecule has 26 heavy (non-hydrogen) atoms. The van der Waals surface area contributed by atoms with Gasteiger partial charge >= 0.3 is 0 Å². The van der Waals surface area contributed by atoms with Crippen molar-refractivity contribution in [2.24, 2.45) is 4.99 Å². The maximum Gasteiger partial charge on any atom is 0.158 e. The number of thioether (sulfide) groups is 1. The average Bonchev–Trinajstić information content (AvgIpc) is 3.13. The monoisotopic (exact) mass is 422 g/mol. The number of nitrogens with zero attached hydrogens (tertiary/aromatic N) is 1. The molecule has 4 heteroatoms. The number of aliphatic imine (C=N–C) groups is 1. The zero-order valence-corrected chi connectivity index (χ0v) is 16.6. The van der Waals surface area contributed by atoms with Crippen LogP contribution in [0.25, 0.3) is 0 Å².